The highest BCUT2D eigenvalue weighted by Gasteiger charge is 2.13. The molecule has 0 bridgehead atoms. The van der Waals surface area contributed by atoms with Gasteiger partial charge in [0.15, 0.2) is 0 Å². The molecule has 4 nitrogen and oxygen atoms in total. The molecule has 0 aromatic heterocycles. The molecule has 0 amide bonds. The van der Waals surface area contributed by atoms with Crippen LogP contribution in [0, 0.1) is 0 Å². The minimum Gasteiger partial charge on any atom is -0.320 e. The van der Waals surface area contributed by atoms with Crippen LogP contribution in [0.4, 0.5) is 0 Å². The summed E-state index contributed by atoms with van der Waals surface area (Å²) >= 11 is 0. The maximum Gasteiger partial charge on any atom is 0.240 e. The first-order valence-electron chi connectivity index (χ1n) is 6.26. The van der Waals surface area contributed by atoms with Crippen LogP contribution in [-0.4, -0.2) is 28.6 Å². The lowest BCUT2D eigenvalue weighted by Crippen LogP contribution is -2.26. The topological polar surface area (TPSA) is 58.2 Å². The Hall–Kier alpha value is -1.14. The molecule has 0 atom stereocenters. The van der Waals surface area contributed by atoms with Crippen molar-refractivity contribution in [3.63, 3.8) is 0 Å². The average Bonchev–Trinajstić information content (AvgIpc) is 2.43. The van der Waals surface area contributed by atoms with Gasteiger partial charge in [0.05, 0.1) is 4.90 Å². The number of halogens is 1. The van der Waals surface area contributed by atoms with E-state index in [0.29, 0.717) is 11.4 Å². The quantitative estimate of drug-likeness (QED) is 0.803. The van der Waals surface area contributed by atoms with Gasteiger partial charge in [-0.1, -0.05) is 30.3 Å². The second kappa shape index (κ2) is 7.59. The lowest BCUT2D eigenvalue weighted by atomic mass is 10.1. The minimum absolute atomic E-state index is 0. The highest BCUT2D eigenvalue weighted by atomic mass is 35.5. The van der Waals surface area contributed by atoms with Crippen LogP contribution in [0.25, 0.3) is 10.8 Å². The Morgan fingerprint density at radius 3 is 2.40 bits per heavy atom. The van der Waals surface area contributed by atoms with E-state index < -0.39 is 10.0 Å². The summed E-state index contributed by atoms with van der Waals surface area (Å²) in [5.41, 5.74) is 0. The van der Waals surface area contributed by atoms with Crippen LogP contribution in [0.3, 0.4) is 0 Å². The van der Waals surface area contributed by atoms with Gasteiger partial charge in [-0.3, -0.25) is 0 Å². The van der Waals surface area contributed by atoms with E-state index in [4.69, 9.17) is 0 Å². The Kier molecular flexibility index (Phi) is 6.42. The van der Waals surface area contributed by atoms with Gasteiger partial charge in [-0.05, 0) is 42.9 Å². The third-order valence-corrected chi connectivity index (χ3v) is 4.39. The normalized spacial score (nSPS) is 11.2. The van der Waals surface area contributed by atoms with Crippen molar-refractivity contribution in [2.24, 2.45) is 0 Å². The third-order valence-electron chi connectivity index (χ3n) is 2.93. The van der Waals surface area contributed by atoms with Gasteiger partial charge in [0.2, 0.25) is 10.0 Å². The number of sulfonamides is 1. The summed E-state index contributed by atoms with van der Waals surface area (Å²) in [5.74, 6) is 0. The number of nitrogens with one attached hydrogen (secondary N) is 2. The SMILES string of the molecule is CNCCCNS(=O)(=O)c1ccc2ccccc2c1.Cl. The minimum atomic E-state index is -3.41. The standard InChI is InChI=1S/C14H18N2O2S.ClH/c1-15-9-4-10-16-19(17,18)14-8-7-12-5-2-3-6-13(12)11-14;/h2-3,5-8,11,15-16H,4,9-10H2,1H3;1H. The molecular formula is C14H19ClN2O2S. The Bertz CT molecular complexity index is 659. The van der Waals surface area contributed by atoms with Crippen LogP contribution >= 0.6 is 12.4 Å². The van der Waals surface area contributed by atoms with E-state index >= 15 is 0 Å². The second-order valence-electron chi connectivity index (χ2n) is 4.36. The summed E-state index contributed by atoms with van der Waals surface area (Å²) in [7, 11) is -1.56. The molecule has 0 aliphatic heterocycles. The van der Waals surface area contributed by atoms with Crippen LogP contribution in [0.5, 0.6) is 0 Å². The Morgan fingerprint density at radius 1 is 1.00 bits per heavy atom. The van der Waals surface area contributed by atoms with Gasteiger partial charge < -0.3 is 5.32 Å². The highest BCUT2D eigenvalue weighted by Crippen LogP contribution is 2.18. The van der Waals surface area contributed by atoms with Gasteiger partial charge in [0.1, 0.15) is 0 Å². The molecule has 0 spiro atoms. The molecule has 0 saturated carbocycles. The van der Waals surface area contributed by atoms with E-state index in [1.165, 1.54) is 0 Å². The van der Waals surface area contributed by atoms with E-state index in [1.807, 2.05) is 37.4 Å². The summed E-state index contributed by atoms with van der Waals surface area (Å²) < 4.78 is 26.8. The zero-order chi connectivity index (χ0) is 13.7. The molecule has 0 heterocycles. The van der Waals surface area contributed by atoms with Crippen molar-refractivity contribution >= 4 is 33.2 Å². The first-order valence-corrected chi connectivity index (χ1v) is 7.75. The predicted octanol–water partition coefficient (Wildman–Crippen LogP) is 2.15. The van der Waals surface area contributed by atoms with Crippen LogP contribution in [0.2, 0.25) is 0 Å². The van der Waals surface area contributed by atoms with Gasteiger partial charge in [-0.25, -0.2) is 13.1 Å². The molecule has 6 heteroatoms. The molecule has 0 saturated heterocycles. The monoisotopic (exact) mass is 314 g/mol. The molecule has 2 N–H and O–H groups in total. The summed E-state index contributed by atoms with van der Waals surface area (Å²) in [6.45, 7) is 1.23. The largest absolute Gasteiger partial charge is 0.320 e. The van der Waals surface area contributed by atoms with E-state index in [1.54, 1.807) is 12.1 Å². The van der Waals surface area contributed by atoms with Gasteiger partial charge in [-0.2, -0.15) is 0 Å². The fourth-order valence-electron chi connectivity index (χ4n) is 1.89. The van der Waals surface area contributed by atoms with Crippen molar-refractivity contribution in [2.45, 2.75) is 11.3 Å². The van der Waals surface area contributed by atoms with Crippen molar-refractivity contribution < 1.29 is 8.42 Å². The molecule has 20 heavy (non-hydrogen) atoms. The molecule has 110 valence electrons. The van der Waals surface area contributed by atoms with E-state index in [0.717, 1.165) is 23.7 Å². The Balaban J connectivity index is 0.00000200. The molecule has 0 fully saturated rings. The zero-order valence-corrected chi connectivity index (χ0v) is 12.9. The molecule has 2 aromatic rings. The molecule has 0 aliphatic rings. The molecule has 2 rings (SSSR count). The fourth-order valence-corrected chi connectivity index (χ4v) is 3.00. The first kappa shape index (κ1) is 16.9. The average molecular weight is 315 g/mol. The molecule has 0 aliphatic carbocycles. The second-order valence-corrected chi connectivity index (χ2v) is 6.13. The predicted molar refractivity (Wildman–Crippen MR) is 84.9 cm³/mol. The lowest BCUT2D eigenvalue weighted by molar-refractivity contribution is 0.577. The smallest absolute Gasteiger partial charge is 0.240 e. The zero-order valence-electron chi connectivity index (χ0n) is 11.3. The highest BCUT2D eigenvalue weighted by molar-refractivity contribution is 7.89. The lowest BCUT2D eigenvalue weighted by Gasteiger charge is -2.07. The van der Waals surface area contributed by atoms with Gasteiger partial charge in [-0.15, -0.1) is 12.4 Å². The van der Waals surface area contributed by atoms with Crippen LogP contribution in [-0.2, 0) is 10.0 Å². The van der Waals surface area contributed by atoms with Crippen molar-refractivity contribution in [2.75, 3.05) is 20.1 Å². The van der Waals surface area contributed by atoms with Gasteiger partial charge in [0, 0.05) is 6.54 Å². The van der Waals surface area contributed by atoms with Gasteiger partial charge >= 0.3 is 0 Å². The van der Waals surface area contributed by atoms with E-state index in [-0.39, 0.29) is 12.4 Å². The summed E-state index contributed by atoms with van der Waals surface area (Å²) in [6.07, 6.45) is 0.767. The molecule has 0 unspecified atom stereocenters. The summed E-state index contributed by atoms with van der Waals surface area (Å²) in [6, 6.07) is 12.9. The number of hydrogen-bond acceptors (Lipinski definition) is 3. The number of fused-ring (bicyclic) bond motifs is 1. The molecular weight excluding hydrogens is 296 g/mol. The fraction of sp³-hybridized carbons (Fsp3) is 0.286. The number of benzene rings is 2. The van der Waals surface area contributed by atoms with Gasteiger partial charge in [0.25, 0.3) is 0 Å². The summed E-state index contributed by atoms with van der Waals surface area (Å²) in [5, 5.41) is 4.95. The van der Waals surface area contributed by atoms with Crippen LogP contribution in [0.1, 0.15) is 6.42 Å². The number of hydrogen-bond donors (Lipinski definition) is 2. The summed E-state index contributed by atoms with van der Waals surface area (Å²) in [4.78, 5) is 0.315. The maximum atomic E-state index is 12.1. The maximum absolute atomic E-state index is 12.1. The molecule has 2 aromatic carbocycles. The van der Waals surface area contributed by atoms with Crippen molar-refractivity contribution in [1.29, 1.82) is 0 Å². The third kappa shape index (κ3) is 4.18. The van der Waals surface area contributed by atoms with Crippen LogP contribution < -0.4 is 10.0 Å². The van der Waals surface area contributed by atoms with Crippen molar-refractivity contribution in [3.8, 4) is 0 Å². The number of rotatable bonds is 6. The van der Waals surface area contributed by atoms with Crippen LogP contribution in [0.15, 0.2) is 47.4 Å². The Morgan fingerprint density at radius 2 is 1.70 bits per heavy atom. The van der Waals surface area contributed by atoms with E-state index in [9.17, 15) is 8.42 Å². The Labute approximate surface area is 126 Å². The van der Waals surface area contributed by atoms with Crippen molar-refractivity contribution in [3.05, 3.63) is 42.5 Å². The van der Waals surface area contributed by atoms with E-state index in [2.05, 4.69) is 10.0 Å². The molecule has 0 radical (unpaired) electrons. The van der Waals surface area contributed by atoms with Crippen molar-refractivity contribution in [1.82, 2.24) is 10.0 Å². The first-order chi connectivity index (χ1) is 9.13.